The smallest absolute Gasteiger partial charge is 0.221 e. The quantitative estimate of drug-likeness (QED) is 0.810. The first-order valence-electron chi connectivity index (χ1n) is 6.52. The van der Waals surface area contributed by atoms with Crippen LogP contribution in [-0.2, 0) is 11.3 Å². The third-order valence-electron chi connectivity index (χ3n) is 2.52. The van der Waals surface area contributed by atoms with Crippen molar-refractivity contribution in [2.45, 2.75) is 39.3 Å². The van der Waals surface area contributed by atoms with Gasteiger partial charge in [0.1, 0.15) is 11.9 Å². The largest absolute Gasteiger partial charge is 0.351 e. The van der Waals surface area contributed by atoms with Crippen molar-refractivity contribution in [3.05, 3.63) is 35.1 Å². The zero-order chi connectivity index (χ0) is 15.2. The van der Waals surface area contributed by atoms with Gasteiger partial charge in [-0.1, -0.05) is 6.07 Å². The highest BCUT2D eigenvalue weighted by Crippen LogP contribution is 2.09. The summed E-state index contributed by atoms with van der Waals surface area (Å²) in [6, 6.07) is 6.22. The maximum Gasteiger partial charge on any atom is 0.221 e. The average Bonchev–Trinajstić information content (AvgIpc) is 2.34. The van der Waals surface area contributed by atoms with Gasteiger partial charge in [-0.15, -0.1) is 0 Å². The Morgan fingerprint density at radius 3 is 2.70 bits per heavy atom. The van der Waals surface area contributed by atoms with Crippen LogP contribution in [0.15, 0.2) is 18.2 Å². The number of hydrogen-bond donors (Lipinski definition) is 2. The fourth-order valence-electron chi connectivity index (χ4n) is 1.68. The number of nitrogens with zero attached hydrogens (tertiary/aromatic N) is 1. The molecule has 0 saturated carbocycles. The summed E-state index contributed by atoms with van der Waals surface area (Å²) in [6.07, 6.45) is 0.379. The molecule has 0 saturated heterocycles. The zero-order valence-electron chi connectivity index (χ0n) is 12.1. The van der Waals surface area contributed by atoms with Crippen LogP contribution in [0, 0.1) is 17.1 Å². The monoisotopic (exact) mass is 277 g/mol. The molecular formula is C15H20FN3O. The summed E-state index contributed by atoms with van der Waals surface area (Å²) in [6.45, 7) is 6.82. The Balaban J connectivity index is 2.35. The Labute approximate surface area is 119 Å². The molecule has 5 heteroatoms. The minimum absolute atomic E-state index is 0.0122. The minimum Gasteiger partial charge on any atom is -0.351 e. The number of carbonyl (C=O) groups is 1. The molecule has 0 unspecified atom stereocenters. The van der Waals surface area contributed by atoms with Crippen molar-refractivity contribution in [3.63, 3.8) is 0 Å². The van der Waals surface area contributed by atoms with E-state index in [4.69, 9.17) is 5.26 Å². The van der Waals surface area contributed by atoms with Gasteiger partial charge in [0.25, 0.3) is 0 Å². The summed E-state index contributed by atoms with van der Waals surface area (Å²) in [5, 5.41) is 14.7. The third-order valence-corrected chi connectivity index (χ3v) is 2.52. The SMILES string of the molecule is CC(C)(C)NC(=O)CCNCc1ccc(F)c(C#N)c1. The second kappa shape index (κ2) is 7.01. The van der Waals surface area contributed by atoms with E-state index in [2.05, 4.69) is 10.6 Å². The molecule has 0 heterocycles. The predicted molar refractivity (Wildman–Crippen MR) is 75.3 cm³/mol. The van der Waals surface area contributed by atoms with Gasteiger partial charge < -0.3 is 10.6 Å². The number of benzene rings is 1. The maximum atomic E-state index is 13.1. The molecule has 0 aliphatic heterocycles. The molecule has 1 amide bonds. The lowest BCUT2D eigenvalue weighted by atomic mass is 10.1. The van der Waals surface area contributed by atoms with E-state index in [1.165, 1.54) is 12.1 Å². The van der Waals surface area contributed by atoms with E-state index >= 15 is 0 Å². The Kier molecular flexibility index (Phi) is 5.66. The van der Waals surface area contributed by atoms with E-state index in [0.717, 1.165) is 5.56 Å². The average molecular weight is 277 g/mol. The maximum absolute atomic E-state index is 13.1. The first kappa shape index (κ1) is 16.1. The molecule has 2 N–H and O–H groups in total. The van der Waals surface area contributed by atoms with Gasteiger partial charge in [-0.3, -0.25) is 4.79 Å². The number of nitrogens with one attached hydrogen (secondary N) is 2. The fraction of sp³-hybridized carbons (Fsp3) is 0.467. The molecule has 0 aromatic heterocycles. The number of amides is 1. The standard InChI is InChI=1S/C15H20FN3O/c1-15(2,3)19-14(20)6-7-18-10-11-4-5-13(16)12(8-11)9-17/h4-5,8,18H,6-7,10H2,1-3H3,(H,19,20). The van der Waals surface area contributed by atoms with Crippen molar-refractivity contribution >= 4 is 5.91 Å². The molecule has 0 radical (unpaired) electrons. The molecule has 0 aliphatic carbocycles. The first-order chi connectivity index (χ1) is 9.31. The van der Waals surface area contributed by atoms with E-state index < -0.39 is 5.82 Å². The second-order valence-corrected chi connectivity index (χ2v) is 5.65. The Hall–Kier alpha value is -1.93. The van der Waals surface area contributed by atoms with E-state index in [9.17, 15) is 9.18 Å². The van der Waals surface area contributed by atoms with Crippen molar-refractivity contribution in [1.82, 2.24) is 10.6 Å². The van der Waals surface area contributed by atoms with E-state index in [1.54, 1.807) is 12.1 Å². The zero-order valence-corrected chi connectivity index (χ0v) is 12.1. The van der Waals surface area contributed by atoms with Crippen molar-refractivity contribution in [3.8, 4) is 6.07 Å². The van der Waals surface area contributed by atoms with Crippen LogP contribution in [-0.4, -0.2) is 18.0 Å². The van der Waals surface area contributed by atoms with Crippen LogP contribution in [0.5, 0.6) is 0 Å². The van der Waals surface area contributed by atoms with Gasteiger partial charge >= 0.3 is 0 Å². The fourth-order valence-corrected chi connectivity index (χ4v) is 1.68. The number of nitriles is 1. The minimum atomic E-state index is -0.513. The van der Waals surface area contributed by atoms with Gasteiger partial charge in [-0.05, 0) is 38.5 Å². The van der Waals surface area contributed by atoms with Crippen LogP contribution >= 0.6 is 0 Å². The lowest BCUT2D eigenvalue weighted by Crippen LogP contribution is -2.41. The Morgan fingerprint density at radius 2 is 2.10 bits per heavy atom. The number of rotatable bonds is 5. The van der Waals surface area contributed by atoms with Crippen LogP contribution in [0.2, 0.25) is 0 Å². The molecule has 0 aliphatic rings. The van der Waals surface area contributed by atoms with Crippen LogP contribution in [0.25, 0.3) is 0 Å². The van der Waals surface area contributed by atoms with Crippen LogP contribution in [0.4, 0.5) is 4.39 Å². The second-order valence-electron chi connectivity index (χ2n) is 5.65. The normalized spacial score (nSPS) is 10.9. The molecule has 108 valence electrons. The Morgan fingerprint density at radius 1 is 1.40 bits per heavy atom. The number of halogens is 1. The van der Waals surface area contributed by atoms with E-state index in [1.807, 2.05) is 20.8 Å². The summed E-state index contributed by atoms with van der Waals surface area (Å²) < 4.78 is 13.1. The van der Waals surface area contributed by atoms with Crippen LogP contribution < -0.4 is 10.6 Å². The lowest BCUT2D eigenvalue weighted by Gasteiger charge is -2.20. The Bertz CT molecular complexity index is 515. The van der Waals surface area contributed by atoms with Gasteiger partial charge in [-0.2, -0.15) is 5.26 Å². The van der Waals surface area contributed by atoms with Crippen LogP contribution in [0.1, 0.15) is 38.3 Å². The van der Waals surface area contributed by atoms with E-state index in [0.29, 0.717) is 19.5 Å². The number of hydrogen-bond acceptors (Lipinski definition) is 3. The van der Waals surface area contributed by atoms with Crippen molar-refractivity contribution < 1.29 is 9.18 Å². The summed E-state index contributed by atoms with van der Waals surface area (Å²) >= 11 is 0. The van der Waals surface area contributed by atoms with Crippen molar-refractivity contribution in [2.24, 2.45) is 0 Å². The highest BCUT2D eigenvalue weighted by molar-refractivity contribution is 5.76. The molecular weight excluding hydrogens is 257 g/mol. The molecule has 4 nitrogen and oxygen atoms in total. The van der Waals surface area contributed by atoms with Gasteiger partial charge in [0, 0.05) is 25.0 Å². The molecule has 20 heavy (non-hydrogen) atoms. The van der Waals surface area contributed by atoms with Gasteiger partial charge in [-0.25, -0.2) is 4.39 Å². The summed E-state index contributed by atoms with van der Waals surface area (Å²) in [4.78, 5) is 11.6. The molecule has 0 bridgehead atoms. The van der Waals surface area contributed by atoms with Crippen LogP contribution in [0.3, 0.4) is 0 Å². The molecule has 0 fully saturated rings. The lowest BCUT2D eigenvalue weighted by molar-refractivity contribution is -0.122. The van der Waals surface area contributed by atoms with Gasteiger partial charge in [0.15, 0.2) is 0 Å². The molecule has 0 atom stereocenters. The molecule has 0 spiro atoms. The molecule has 1 aromatic carbocycles. The predicted octanol–water partition coefficient (Wildman–Crippen LogP) is 2.09. The molecule has 1 aromatic rings. The van der Waals surface area contributed by atoms with Crippen molar-refractivity contribution in [2.75, 3.05) is 6.54 Å². The third kappa shape index (κ3) is 5.81. The number of carbonyl (C=O) groups excluding carboxylic acids is 1. The first-order valence-corrected chi connectivity index (χ1v) is 6.52. The highest BCUT2D eigenvalue weighted by Gasteiger charge is 2.12. The van der Waals surface area contributed by atoms with Crippen molar-refractivity contribution in [1.29, 1.82) is 5.26 Å². The molecule has 1 rings (SSSR count). The summed E-state index contributed by atoms with van der Waals surface area (Å²) in [7, 11) is 0. The highest BCUT2D eigenvalue weighted by atomic mass is 19.1. The summed E-state index contributed by atoms with van der Waals surface area (Å²) in [5.41, 5.74) is 0.629. The topological polar surface area (TPSA) is 64.9 Å². The summed E-state index contributed by atoms with van der Waals surface area (Å²) in [5.74, 6) is -0.525. The van der Waals surface area contributed by atoms with Gasteiger partial charge in [0.2, 0.25) is 5.91 Å². The van der Waals surface area contributed by atoms with E-state index in [-0.39, 0.29) is 17.0 Å². The van der Waals surface area contributed by atoms with Gasteiger partial charge in [0.05, 0.1) is 5.56 Å².